The lowest BCUT2D eigenvalue weighted by Gasteiger charge is -2.15. The summed E-state index contributed by atoms with van der Waals surface area (Å²) in [5.41, 5.74) is 1.52. The first-order chi connectivity index (χ1) is 12.5. The first kappa shape index (κ1) is 18.9. The van der Waals surface area contributed by atoms with E-state index >= 15 is 0 Å². The molecule has 138 valence electrons. The van der Waals surface area contributed by atoms with Crippen LogP contribution in [-0.2, 0) is 22.4 Å². The summed E-state index contributed by atoms with van der Waals surface area (Å²) in [6.45, 7) is 1.68. The molecule has 1 aliphatic carbocycles. The monoisotopic (exact) mass is 437 g/mol. The van der Waals surface area contributed by atoms with Crippen molar-refractivity contribution in [2.75, 3.05) is 12.4 Å². The summed E-state index contributed by atoms with van der Waals surface area (Å²) in [6.07, 6.45) is 3.23. The number of hydrogen-bond acceptors (Lipinski definition) is 5. The zero-order valence-corrected chi connectivity index (χ0v) is 17.0. The normalized spacial score (nSPS) is 14.3. The average Bonchev–Trinajstić information content (AvgIpc) is 3.00. The maximum Gasteiger partial charge on any atom is 0.341 e. The van der Waals surface area contributed by atoms with E-state index in [2.05, 4.69) is 21.2 Å². The standard InChI is InChI=1S/C19H20BrNO4S/c1-11(25-13-9-7-12(20)8-10-13)17(22)21-18-16(19(23)24-2)14-5-3-4-6-15(14)26-18/h7-11H,3-6H2,1-2H3,(H,21,22)/t11-/m1/s1. The lowest BCUT2D eigenvalue weighted by atomic mass is 9.95. The Hall–Kier alpha value is -1.86. The second-order valence-electron chi connectivity index (χ2n) is 6.11. The third-order valence-electron chi connectivity index (χ3n) is 4.29. The van der Waals surface area contributed by atoms with E-state index in [0.29, 0.717) is 16.3 Å². The van der Waals surface area contributed by atoms with Crippen molar-refractivity contribution in [3.63, 3.8) is 0 Å². The highest BCUT2D eigenvalue weighted by Gasteiger charge is 2.28. The van der Waals surface area contributed by atoms with Crippen molar-refractivity contribution in [3.05, 3.63) is 44.7 Å². The summed E-state index contributed by atoms with van der Waals surface area (Å²) in [5, 5.41) is 3.41. The number of fused-ring (bicyclic) bond motifs is 1. The van der Waals surface area contributed by atoms with Gasteiger partial charge in [-0.3, -0.25) is 4.79 Å². The molecule has 0 saturated heterocycles. The van der Waals surface area contributed by atoms with Crippen molar-refractivity contribution in [2.24, 2.45) is 0 Å². The van der Waals surface area contributed by atoms with E-state index in [1.54, 1.807) is 19.1 Å². The minimum Gasteiger partial charge on any atom is -0.481 e. The molecular formula is C19H20BrNO4S. The van der Waals surface area contributed by atoms with Crippen molar-refractivity contribution < 1.29 is 19.1 Å². The zero-order chi connectivity index (χ0) is 18.7. The van der Waals surface area contributed by atoms with Gasteiger partial charge in [-0.25, -0.2) is 4.79 Å². The minimum absolute atomic E-state index is 0.295. The van der Waals surface area contributed by atoms with Crippen molar-refractivity contribution in [1.29, 1.82) is 0 Å². The first-order valence-electron chi connectivity index (χ1n) is 8.45. The number of ether oxygens (including phenoxy) is 2. The number of nitrogens with one attached hydrogen (secondary N) is 1. The van der Waals surface area contributed by atoms with E-state index in [-0.39, 0.29) is 5.91 Å². The lowest BCUT2D eigenvalue weighted by Crippen LogP contribution is -2.30. The summed E-state index contributed by atoms with van der Waals surface area (Å²) in [4.78, 5) is 26.0. The van der Waals surface area contributed by atoms with Gasteiger partial charge in [0.2, 0.25) is 0 Å². The number of esters is 1. The molecule has 1 aliphatic rings. The molecule has 2 aromatic rings. The number of hydrogen-bond donors (Lipinski definition) is 1. The molecule has 0 unspecified atom stereocenters. The fourth-order valence-corrected chi connectivity index (χ4v) is 4.50. The second kappa shape index (κ2) is 8.22. The minimum atomic E-state index is -0.694. The van der Waals surface area contributed by atoms with Crippen LogP contribution in [0.15, 0.2) is 28.7 Å². The molecule has 0 fully saturated rings. The highest BCUT2D eigenvalue weighted by Crippen LogP contribution is 2.38. The second-order valence-corrected chi connectivity index (χ2v) is 8.13. The van der Waals surface area contributed by atoms with Crippen LogP contribution in [0.2, 0.25) is 0 Å². The Kier molecular flexibility index (Phi) is 5.98. The van der Waals surface area contributed by atoms with Gasteiger partial charge in [-0.15, -0.1) is 11.3 Å². The Labute approximate surface area is 164 Å². The van der Waals surface area contributed by atoms with E-state index in [0.717, 1.165) is 40.6 Å². The summed E-state index contributed by atoms with van der Waals surface area (Å²) >= 11 is 4.83. The molecule has 3 rings (SSSR count). The Morgan fingerprint density at radius 3 is 2.58 bits per heavy atom. The number of carbonyl (C=O) groups is 2. The Morgan fingerprint density at radius 2 is 1.88 bits per heavy atom. The van der Waals surface area contributed by atoms with Crippen LogP contribution in [0.1, 0.15) is 40.6 Å². The molecule has 0 spiro atoms. The van der Waals surface area contributed by atoms with Gasteiger partial charge >= 0.3 is 5.97 Å². The number of benzene rings is 1. The molecule has 1 heterocycles. The summed E-state index contributed by atoms with van der Waals surface area (Å²) < 4.78 is 11.6. The van der Waals surface area contributed by atoms with Crippen molar-refractivity contribution in [1.82, 2.24) is 0 Å². The van der Waals surface area contributed by atoms with Crippen LogP contribution in [0.5, 0.6) is 5.75 Å². The molecule has 0 radical (unpaired) electrons. The lowest BCUT2D eigenvalue weighted by molar-refractivity contribution is -0.122. The number of carbonyl (C=O) groups excluding carboxylic acids is 2. The van der Waals surface area contributed by atoms with Gasteiger partial charge in [0.25, 0.3) is 5.91 Å². The first-order valence-corrected chi connectivity index (χ1v) is 10.1. The molecule has 0 saturated carbocycles. The van der Waals surface area contributed by atoms with E-state index in [1.807, 2.05) is 12.1 Å². The topological polar surface area (TPSA) is 64.6 Å². The third kappa shape index (κ3) is 4.10. The molecule has 1 aromatic carbocycles. The predicted molar refractivity (Wildman–Crippen MR) is 105 cm³/mol. The summed E-state index contributed by atoms with van der Waals surface area (Å²) in [5.74, 6) is -0.0904. The van der Waals surface area contributed by atoms with Crippen molar-refractivity contribution in [2.45, 2.75) is 38.7 Å². The number of anilines is 1. The van der Waals surface area contributed by atoms with E-state index in [4.69, 9.17) is 9.47 Å². The Bertz CT molecular complexity index is 816. The van der Waals surface area contributed by atoms with Crippen LogP contribution in [0, 0.1) is 0 Å². The molecule has 1 atom stereocenters. The third-order valence-corrected chi connectivity index (χ3v) is 6.03. The van der Waals surface area contributed by atoms with Crippen LogP contribution < -0.4 is 10.1 Å². The molecule has 0 bridgehead atoms. The van der Waals surface area contributed by atoms with E-state index in [9.17, 15) is 9.59 Å². The van der Waals surface area contributed by atoms with Crippen LogP contribution in [0.25, 0.3) is 0 Å². The quantitative estimate of drug-likeness (QED) is 0.694. The van der Waals surface area contributed by atoms with Crippen LogP contribution >= 0.6 is 27.3 Å². The van der Waals surface area contributed by atoms with Crippen LogP contribution in [0.3, 0.4) is 0 Å². The van der Waals surface area contributed by atoms with Gasteiger partial charge < -0.3 is 14.8 Å². The number of halogens is 1. The largest absolute Gasteiger partial charge is 0.481 e. The molecule has 7 heteroatoms. The summed E-state index contributed by atoms with van der Waals surface area (Å²) in [6, 6.07) is 7.28. The highest BCUT2D eigenvalue weighted by atomic mass is 79.9. The smallest absolute Gasteiger partial charge is 0.341 e. The highest BCUT2D eigenvalue weighted by molar-refractivity contribution is 9.10. The van der Waals surface area contributed by atoms with Crippen LogP contribution in [-0.4, -0.2) is 25.1 Å². The zero-order valence-electron chi connectivity index (χ0n) is 14.6. The predicted octanol–water partition coefficient (Wildman–Crippen LogP) is 4.58. The number of methoxy groups -OCH3 is 1. The molecular weight excluding hydrogens is 418 g/mol. The molecule has 1 aromatic heterocycles. The average molecular weight is 438 g/mol. The van der Waals surface area contributed by atoms with Gasteiger partial charge in [-0.1, -0.05) is 15.9 Å². The molecule has 26 heavy (non-hydrogen) atoms. The molecule has 5 nitrogen and oxygen atoms in total. The van der Waals surface area contributed by atoms with Gasteiger partial charge in [0.1, 0.15) is 10.8 Å². The van der Waals surface area contributed by atoms with Crippen LogP contribution in [0.4, 0.5) is 5.00 Å². The maximum atomic E-state index is 12.6. The fraction of sp³-hybridized carbons (Fsp3) is 0.368. The number of thiophene rings is 1. The van der Waals surface area contributed by atoms with Gasteiger partial charge in [0.05, 0.1) is 12.7 Å². The van der Waals surface area contributed by atoms with E-state index in [1.165, 1.54) is 18.4 Å². The van der Waals surface area contributed by atoms with Gasteiger partial charge in [0.15, 0.2) is 6.10 Å². The van der Waals surface area contributed by atoms with Crippen molar-refractivity contribution >= 4 is 44.1 Å². The fourth-order valence-electron chi connectivity index (χ4n) is 2.96. The van der Waals surface area contributed by atoms with Gasteiger partial charge in [0, 0.05) is 9.35 Å². The van der Waals surface area contributed by atoms with Crippen molar-refractivity contribution in [3.8, 4) is 5.75 Å². The molecule has 1 amide bonds. The number of aryl methyl sites for hydroxylation is 1. The Morgan fingerprint density at radius 1 is 1.19 bits per heavy atom. The summed E-state index contributed by atoms with van der Waals surface area (Å²) in [7, 11) is 1.36. The van der Waals surface area contributed by atoms with Gasteiger partial charge in [-0.2, -0.15) is 0 Å². The Balaban J connectivity index is 1.77. The number of amides is 1. The molecule has 0 aliphatic heterocycles. The van der Waals surface area contributed by atoms with E-state index < -0.39 is 12.1 Å². The SMILES string of the molecule is COC(=O)c1c(NC(=O)[C@@H](C)Oc2ccc(Br)cc2)sc2c1CCCC2. The maximum absolute atomic E-state index is 12.6. The number of rotatable bonds is 5. The van der Waals surface area contributed by atoms with Gasteiger partial charge in [-0.05, 0) is 62.4 Å². The molecule has 1 N–H and O–H groups in total.